The van der Waals surface area contributed by atoms with Crippen LogP contribution in [0.4, 0.5) is 5.00 Å². The van der Waals surface area contributed by atoms with E-state index in [1.807, 2.05) is 19.9 Å². The van der Waals surface area contributed by atoms with Crippen LogP contribution in [0.1, 0.15) is 55.3 Å². The highest BCUT2D eigenvalue weighted by atomic mass is 32.1. The van der Waals surface area contributed by atoms with Crippen LogP contribution in [0.5, 0.6) is 0 Å². The smallest absolute Gasteiger partial charge is 0.292 e. The number of benzene rings is 1. The third-order valence-corrected chi connectivity index (χ3v) is 6.82. The van der Waals surface area contributed by atoms with Crippen molar-refractivity contribution in [2.45, 2.75) is 39.5 Å². The molecular formula is C24H26N2O5S. The second-order valence-electron chi connectivity index (χ2n) is 8.05. The highest BCUT2D eigenvalue weighted by molar-refractivity contribution is 7.17. The van der Waals surface area contributed by atoms with Crippen LogP contribution >= 0.6 is 11.3 Å². The summed E-state index contributed by atoms with van der Waals surface area (Å²) in [4.78, 5) is 39.7. The van der Waals surface area contributed by atoms with Crippen molar-refractivity contribution in [1.29, 1.82) is 0 Å². The first-order valence-electron chi connectivity index (χ1n) is 10.7. The fourth-order valence-electron chi connectivity index (χ4n) is 4.19. The van der Waals surface area contributed by atoms with Crippen LogP contribution in [0.2, 0.25) is 0 Å². The van der Waals surface area contributed by atoms with E-state index in [2.05, 4.69) is 10.6 Å². The van der Waals surface area contributed by atoms with Gasteiger partial charge in [-0.1, -0.05) is 6.07 Å². The SMILES string of the molecule is COCCNC(=O)c1c(NC(=O)c2cc(=O)c3c(C)cc(C)cc3o2)sc2c1CCCC2. The van der Waals surface area contributed by atoms with Gasteiger partial charge in [-0.15, -0.1) is 11.3 Å². The van der Waals surface area contributed by atoms with Gasteiger partial charge in [-0.3, -0.25) is 14.4 Å². The normalized spacial score (nSPS) is 13.1. The standard InChI is InChI=1S/C24H26N2O5S/c1-13-10-14(2)20-16(27)12-18(31-17(20)11-13)22(28)26-24-21(23(29)25-8-9-30-3)15-6-4-5-7-19(15)32-24/h10-12H,4-9H2,1-3H3,(H,25,29)(H,26,28). The first kappa shape index (κ1) is 22.2. The lowest BCUT2D eigenvalue weighted by Crippen LogP contribution is -2.28. The number of carbonyl (C=O) groups is 2. The number of ether oxygens (including phenoxy) is 1. The molecule has 32 heavy (non-hydrogen) atoms. The van der Waals surface area contributed by atoms with E-state index in [9.17, 15) is 14.4 Å². The molecule has 2 heterocycles. The van der Waals surface area contributed by atoms with E-state index >= 15 is 0 Å². The zero-order valence-corrected chi connectivity index (χ0v) is 19.2. The molecule has 3 aromatic rings. The number of hydrogen-bond acceptors (Lipinski definition) is 6. The molecule has 0 aliphatic heterocycles. The Hall–Kier alpha value is -2.97. The molecule has 168 valence electrons. The predicted octanol–water partition coefficient (Wildman–Crippen LogP) is 3.98. The number of carbonyl (C=O) groups excluding carboxylic acids is 2. The van der Waals surface area contributed by atoms with Crippen LogP contribution in [0.3, 0.4) is 0 Å². The molecule has 0 unspecified atom stereocenters. The second-order valence-corrected chi connectivity index (χ2v) is 9.15. The van der Waals surface area contributed by atoms with Crippen LogP contribution in [0.15, 0.2) is 27.4 Å². The predicted molar refractivity (Wildman–Crippen MR) is 125 cm³/mol. The topological polar surface area (TPSA) is 97.6 Å². The van der Waals surface area contributed by atoms with E-state index < -0.39 is 5.91 Å². The third kappa shape index (κ3) is 4.33. The Morgan fingerprint density at radius 2 is 1.91 bits per heavy atom. The first-order valence-corrected chi connectivity index (χ1v) is 11.5. The van der Waals surface area contributed by atoms with Crippen molar-refractivity contribution in [2.24, 2.45) is 0 Å². The molecule has 2 N–H and O–H groups in total. The van der Waals surface area contributed by atoms with Crippen molar-refractivity contribution < 1.29 is 18.7 Å². The zero-order chi connectivity index (χ0) is 22.8. The van der Waals surface area contributed by atoms with E-state index in [0.29, 0.717) is 34.7 Å². The molecule has 2 aromatic heterocycles. The molecule has 4 rings (SSSR count). The van der Waals surface area contributed by atoms with Crippen LogP contribution in [-0.4, -0.2) is 32.1 Å². The summed E-state index contributed by atoms with van der Waals surface area (Å²) in [5.41, 5.74) is 3.36. The van der Waals surface area contributed by atoms with Crippen molar-refractivity contribution >= 4 is 39.1 Å². The van der Waals surface area contributed by atoms with Gasteiger partial charge in [-0.25, -0.2) is 0 Å². The molecule has 0 bridgehead atoms. The number of rotatable bonds is 6. The lowest BCUT2D eigenvalue weighted by atomic mass is 9.95. The Balaban J connectivity index is 1.68. The highest BCUT2D eigenvalue weighted by Gasteiger charge is 2.27. The minimum absolute atomic E-state index is 0.0791. The maximum absolute atomic E-state index is 13.0. The van der Waals surface area contributed by atoms with Gasteiger partial charge in [0.15, 0.2) is 11.2 Å². The molecule has 1 aromatic carbocycles. The van der Waals surface area contributed by atoms with Crippen molar-refractivity contribution in [3.63, 3.8) is 0 Å². The maximum Gasteiger partial charge on any atom is 0.292 e. The van der Waals surface area contributed by atoms with E-state index in [0.717, 1.165) is 47.3 Å². The first-order chi connectivity index (χ1) is 15.4. The van der Waals surface area contributed by atoms with Gasteiger partial charge in [0.2, 0.25) is 0 Å². The van der Waals surface area contributed by atoms with Gasteiger partial charge in [0.05, 0.1) is 17.6 Å². The summed E-state index contributed by atoms with van der Waals surface area (Å²) in [5, 5.41) is 6.64. The van der Waals surface area contributed by atoms with E-state index in [-0.39, 0.29) is 17.1 Å². The summed E-state index contributed by atoms with van der Waals surface area (Å²) >= 11 is 1.42. The van der Waals surface area contributed by atoms with Crippen molar-refractivity contribution in [3.8, 4) is 0 Å². The van der Waals surface area contributed by atoms with Gasteiger partial charge in [0, 0.05) is 24.6 Å². The summed E-state index contributed by atoms with van der Waals surface area (Å²) in [6, 6.07) is 4.87. The molecule has 0 spiro atoms. The Kier molecular flexibility index (Phi) is 6.43. The number of hydrogen-bond donors (Lipinski definition) is 2. The minimum Gasteiger partial charge on any atom is -0.451 e. The number of fused-ring (bicyclic) bond motifs is 2. The molecule has 0 saturated heterocycles. The number of methoxy groups -OCH3 is 1. The Morgan fingerprint density at radius 1 is 1.12 bits per heavy atom. The molecule has 0 fully saturated rings. The van der Waals surface area contributed by atoms with Gasteiger partial charge >= 0.3 is 0 Å². The van der Waals surface area contributed by atoms with Crippen molar-refractivity contribution in [1.82, 2.24) is 5.32 Å². The molecule has 7 nitrogen and oxygen atoms in total. The number of nitrogens with one attached hydrogen (secondary N) is 2. The fraction of sp³-hybridized carbons (Fsp3) is 0.375. The van der Waals surface area contributed by atoms with Gasteiger partial charge < -0.3 is 19.8 Å². The minimum atomic E-state index is -0.548. The van der Waals surface area contributed by atoms with Gasteiger partial charge in [-0.05, 0) is 62.3 Å². The lowest BCUT2D eigenvalue weighted by Gasteiger charge is -2.13. The number of anilines is 1. The van der Waals surface area contributed by atoms with Gasteiger partial charge in [0.25, 0.3) is 11.8 Å². The van der Waals surface area contributed by atoms with Crippen LogP contribution in [0.25, 0.3) is 11.0 Å². The highest BCUT2D eigenvalue weighted by Crippen LogP contribution is 2.38. The lowest BCUT2D eigenvalue weighted by molar-refractivity contribution is 0.0937. The number of thiophene rings is 1. The molecule has 0 radical (unpaired) electrons. The summed E-state index contributed by atoms with van der Waals surface area (Å²) in [5.74, 6) is -0.861. The second kappa shape index (κ2) is 9.26. The largest absolute Gasteiger partial charge is 0.451 e. The molecule has 8 heteroatoms. The molecule has 0 saturated carbocycles. The van der Waals surface area contributed by atoms with Crippen molar-refractivity contribution in [2.75, 3.05) is 25.6 Å². The zero-order valence-electron chi connectivity index (χ0n) is 18.4. The Morgan fingerprint density at radius 3 is 2.69 bits per heavy atom. The summed E-state index contributed by atoms with van der Waals surface area (Å²) in [7, 11) is 1.57. The monoisotopic (exact) mass is 454 g/mol. The molecule has 1 aliphatic carbocycles. The average Bonchev–Trinajstić information content (AvgIpc) is 3.10. The van der Waals surface area contributed by atoms with Crippen LogP contribution in [0, 0.1) is 13.8 Å². The number of aryl methyl sites for hydroxylation is 3. The average molecular weight is 455 g/mol. The molecular weight excluding hydrogens is 428 g/mol. The van der Waals surface area contributed by atoms with E-state index in [1.54, 1.807) is 13.2 Å². The van der Waals surface area contributed by atoms with E-state index in [4.69, 9.17) is 9.15 Å². The quantitative estimate of drug-likeness (QED) is 0.549. The third-order valence-electron chi connectivity index (χ3n) is 5.61. The van der Waals surface area contributed by atoms with Crippen LogP contribution < -0.4 is 16.1 Å². The summed E-state index contributed by atoms with van der Waals surface area (Å²) in [6.45, 7) is 4.53. The Bertz CT molecular complexity index is 1260. The summed E-state index contributed by atoms with van der Waals surface area (Å²) in [6.07, 6.45) is 3.76. The molecule has 0 atom stereocenters. The molecule has 1 aliphatic rings. The van der Waals surface area contributed by atoms with Crippen molar-refractivity contribution in [3.05, 3.63) is 61.3 Å². The van der Waals surface area contributed by atoms with Gasteiger partial charge in [0.1, 0.15) is 10.6 Å². The van der Waals surface area contributed by atoms with E-state index in [1.165, 1.54) is 17.4 Å². The summed E-state index contributed by atoms with van der Waals surface area (Å²) < 4.78 is 10.8. The maximum atomic E-state index is 13.0. The molecule has 2 amide bonds. The fourth-order valence-corrected chi connectivity index (χ4v) is 5.47. The van der Waals surface area contributed by atoms with Crippen LogP contribution in [-0.2, 0) is 17.6 Å². The number of amides is 2. The van der Waals surface area contributed by atoms with Gasteiger partial charge in [-0.2, -0.15) is 0 Å². The Labute approximate surface area is 189 Å².